The fraction of sp³-hybridized carbons (Fsp3) is 0. The number of carboxylic acids is 1. The van der Waals surface area contributed by atoms with E-state index in [-0.39, 0.29) is 5.56 Å². The van der Waals surface area contributed by atoms with Crippen molar-refractivity contribution in [3.05, 3.63) is 58.1 Å². The summed E-state index contributed by atoms with van der Waals surface area (Å²) in [5.74, 6) is -0.946. The summed E-state index contributed by atoms with van der Waals surface area (Å²) in [7, 11) is 0. The molecule has 2 aromatic rings. The molecule has 2 aromatic carbocycles. The normalized spacial score (nSPS) is 9.89. The van der Waals surface area contributed by atoms with E-state index >= 15 is 0 Å². The van der Waals surface area contributed by atoms with Crippen molar-refractivity contribution >= 4 is 33.7 Å². The summed E-state index contributed by atoms with van der Waals surface area (Å²) in [6.07, 6.45) is 0. The molecule has 0 unspecified atom stereocenters. The van der Waals surface area contributed by atoms with Crippen LogP contribution in [0.4, 0.5) is 0 Å². The van der Waals surface area contributed by atoms with Gasteiger partial charge in [-0.1, -0.05) is 27.7 Å². The van der Waals surface area contributed by atoms with E-state index in [1.54, 1.807) is 30.3 Å². The Morgan fingerprint density at radius 3 is 2.47 bits per heavy atom. The van der Waals surface area contributed by atoms with Crippen molar-refractivity contribution in [3.8, 4) is 6.07 Å². The fourth-order valence-corrected chi connectivity index (χ4v) is 2.71. The molecule has 0 amide bonds. The van der Waals surface area contributed by atoms with Gasteiger partial charge >= 0.3 is 5.97 Å². The zero-order valence-electron chi connectivity index (χ0n) is 9.63. The minimum absolute atomic E-state index is 0.251. The minimum atomic E-state index is -0.946. The second-order valence-electron chi connectivity index (χ2n) is 3.68. The first-order valence-corrected chi connectivity index (χ1v) is 6.92. The minimum Gasteiger partial charge on any atom is -0.478 e. The van der Waals surface area contributed by atoms with Crippen LogP contribution in [0.3, 0.4) is 0 Å². The molecule has 19 heavy (non-hydrogen) atoms. The van der Waals surface area contributed by atoms with Crippen LogP contribution in [0.15, 0.2) is 56.7 Å². The van der Waals surface area contributed by atoms with E-state index < -0.39 is 5.97 Å². The highest BCUT2D eigenvalue weighted by molar-refractivity contribution is 9.10. The molecule has 0 spiro atoms. The number of carbonyl (C=O) groups is 1. The SMILES string of the molecule is N#Cc1cc(Br)ccc1Sc1ccc(C(=O)O)cc1. The third-order valence-electron chi connectivity index (χ3n) is 2.39. The summed E-state index contributed by atoms with van der Waals surface area (Å²) in [6, 6.07) is 14.2. The third-order valence-corrected chi connectivity index (χ3v) is 3.97. The number of halogens is 1. The molecule has 0 radical (unpaired) electrons. The fourth-order valence-electron chi connectivity index (χ4n) is 1.47. The Morgan fingerprint density at radius 1 is 1.21 bits per heavy atom. The van der Waals surface area contributed by atoms with Gasteiger partial charge in [-0.25, -0.2) is 4.79 Å². The summed E-state index contributed by atoms with van der Waals surface area (Å²) in [5, 5.41) is 17.9. The van der Waals surface area contributed by atoms with Crippen molar-refractivity contribution in [2.75, 3.05) is 0 Å². The molecule has 1 N–H and O–H groups in total. The number of benzene rings is 2. The van der Waals surface area contributed by atoms with Gasteiger partial charge in [0, 0.05) is 14.3 Å². The molecule has 0 heterocycles. The van der Waals surface area contributed by atoms with Crippen molar-refractivity contribution in [1.82, 2.24) is 0 Å². The molecule has 0 bridgehead atoms. The van der Waals surface area contributed by atoms with E-state index in [1.807, 2.05) is 12.1 Å². The van der Waals surface area contributed by atoms with Gasteiger partial charge in [0.2, 0.25) is 0 Å². The van der Waals surface area contributed by atoms with Crippen LogP contribution < -0.4 is 0 Å². The van der Waals surface area contributed by atoms with Crippen LogP contribution in [0.5, 0.6) is 0 Å². The number of nitriles is 1. The smallest absolute Gasteiger partial charge is 0.335 e. The zero-order valence-corrected chi connectivity index (χ0v) is 12.0. The average Bonchev–Trinajstić information content (AvgIpc) is 2.41. The second kappa shape index (κ2) is 5.91. The van der Waals surface area contributed by atoms with Gasteiger partial charge in [-0.2, -0.15) is 5.26 Å². The van der Waals surface area contributed by atoms with E-state index in [4.69, 9.17) is 10.4 Å². The molecule has 2 rings (SSSR count). The molecule has 94 valence electrons. The average molecular weight is 334 g/mol. The van der Waals surface area contributed by atoms with Crippen molar-refractivity contribution in [2.24, 2.45) is 0 Å². The lowest BCUT2D eigenvalue weighted by molar-refractivity contribution is 0.0697. The summed E-state index contributed by atoms with van der Waals surface area (Å²) in [4.78, 5) is 12.5. The van der Waals surface area contributed by atoms with Crippen LogP contribution in [-0.4, -0.2) is 11.1 Å². The largest absolute Gasteiger partial charge is 0.478 e. The van der Waals surface area contributed by atoms with Crippen LogP contribution in [0.1, 0.15) is 15.9 Å². The van der Waals surface area contributed by atoms with Gasteiger partial charge < -0.3 is 5.11 Å². The Balaban J connectivity index is 2.26. The molecular formula is C14H8BrNO2S. The predicted octanol–water partition coefficient (Wildman–Crippen LogP) is 4.17. The quantitative estimate of drug-likeness (QED) is 0.915. The Bertz CT molecular complexity index is 662. The zero-order chi connectivity index (χ0) is 13.8. The summed E-state index contributed by atoms with van der Waals surface area (Å²) >= 11 is 4.75. The first-order valence-electron chi connectivity index (χ1n) is 5.31. The molecule has 0 aliphatic rings. The highest BCUT2D eigenvalue weighted by atomic mass is 79.9. The van der Waals surface area contributed by atoms with Crippen molar-refractivity contribution in [3.63, 3.8) is 0 Å². The van der Waals surface area contributed by atoms with E-state index in [9.17, 15) is 4.79 Å². The Labute approximate surface area is 123 Å². The maximum atomic E-state index is 10.8. The summed E-state index contributed by atoms with van der Waals surface area (Å²) in [6.45, 7) is 0. The van der Waals surface area contributed by atoms with E-state index in [1.165, 1.54) is 11.8 Å². The number of nitrogens with zero attached hydrogens (tertiary/aromatic N) is 1. The maximum absolute atomic E-state index is 10.8. The van der Waals surface area contributed by atoms with Crippen molar-refractivity contribution in [2.45, 2.75) is 9.79 Å². The number of hydrogen-bond acceptors (Lipinski definition) is 3. The third kappa shape index (κ3) is 3.37. The Kier molecular flexibility index (Phi) is 4.25. The van der Waals surface area contributed by atoms with E-state index in [0.717, 1.165) is 14.3 Å². The standard InChI is InChI=1S/C14H8BrNO2S/c15-11-3-6-13(10(7-11)8-16)19-12-4-1-9(2-5-12)14(17)18/h1-7H,(H,17,18). The van der Waals surface area contributed by atoms with Gasteiger partial charge in [-0.05, 0) is 42.5 Å². The molecule has 0 saturated heterocycles. The number of hydrogen-bond donors (Lipinski definition) is 1. The lowest BCUT2D eigenvalue weighted by Gasteiger charge is -2.04. The first-order chi connectivity index (χ1) is 9.10. The van der Waals surface area contributed by atoms with E-state index in [2.05, 4.69) is 22.0 Å². The van der Waals surface area contributed by atoms with Crippen molar-refractivity contribution < 1.29 is 9.90 Å². The van der Waals surface area contributed by atoms with Crippen molar-refractivity contribution in [1.29, 1.82) is 5.26 Å². The van der Waals surface area contributed by atoms with Crippen LogP contribution in [0, 0.1) is 11.3 Å². The molecule has 0 aliphatic heterocycles. The summed E-state index contributed by atoms with van der Waals surface area (Å²) < 4.78 is 0.856. The van der Waals surface area contributed by atoms with Gasteiger partial charge in [-0.3, -0.25) is 0 Å². The molecule has 0 aliphatic carbocycles. The van der Waals surface area contributed by atoms with Gasteiger partial charge in [0.1, 0.15) is 6.07 Å². The van der Waals surface area contributed by atoms with Crippen LogP contribution in [0.2, 0.25) is 0 Å². The number of carboxylic acid groups (broad SMARTS) is 1. The topological polar surface area (TPSA) is 61.1 Å². The molecule has 0 aromatic heterocycles. The highest BCUT2D eigenvalue weighted by Gasteiger charge is 2.06. The Morgan fingerprint density at radius 2 is 1.89 bits per heavy atom. The molecule has 0 fully saturated rings. The monoisotopic (exact) mass is 333 g/mol. The van der Waals surface area contributed by atoms with Gasteiger partial charge in [-0.15, -0.1) is 0 Å². The lowest BCUT2D eigenvalue weighted by atomic mass is 10.2. The predicted molar refractivity (Wildman–Crippen MR) is 76.4 cm³/mol. The van der Waals surface area contributed by atoms with Crippen LogP contribution in [0.25, 0.3) is 0 Å². The van der Waals surface area contributed by atoms with E-state index in [0.29, 0.717) is 5.56 Å². The first kappa shape index (κ1) is 13.7. The molecular weight excluding hydrogens is 326 g/mol. The number of rotatable bonds is 3. The maximum Gasteiger partial charge on any atom is 0.335 e. The summed E-state index contributed by atoms with van der Waals surface area (Å²) in [5.41, 5.74) is 0.836. The molecule has 5 heteroatoms. The van der Waals surface area contributed by atoms with Gasteiger partial charge in [0.05, 0.1) is 11.1 Å². The molecule has 3 nitrogen and oxygen atoms in total. The number of aromatic carboxylic acids is 1. The molecule has 0 atom stereocenters. The lowest BCUT2D eigenvalue weighted by Crippen LogP contribution is -1.94. The Hall–Kier alpha value is -1.77. The van der Waals surface area contributed by atoms with Crippen LogP contribution >= 0.6 is 27.7 Å². The van der Waals surface area contributed by atoms with Gasteiger partial charge in [0.25, 0.3) is 0 Å². The van der Waals surface area contributed by atoms with Crippen LogP contribution in [-0.2, 0) is 0 Å². The van der Waals surface area contributed by atoms with Gasteiger partial charge in [0.15, 0.2) is 0 Å². The highest BCUT2D eigenvalue weighted by Crippen LogP contribution is 2.31. The molecule has 0 saturated carbocycles. The second-order valence-corrected chi connectivity index (χ2v) is 5.71.